The molecule has 1 aliphatic heterocycles. The van der Waals surface area contributed by atoms with Crippen molar-refractivity contribution in [3.63, 3.8) is 0 Å². The van der Waals surface area contributed by atoms with Crippen LogP contribution in [0.3, 0.4) is 0 Å². The van der Waals surface area contributed by atoms with Crippen LogP contribution in [0.2, 0.25) is 0 Å². The van der Waals surface area contributed by atoms with E-state index in [1.807, 2.05) is 6.92 Å². The van der Waals surface area contributed by atoms with Crippen LogP contribution in [-0.4, -0.2) is 32.4 Å². The predicted molar refractivity (Wildman–Crippen MR) is 101 cm³/mol. The number of amides is 1. The van der Waals surface area contributed by atoms with Crippen LogP contribution in [0.15, 0.2) is 42.5 Å². The first-order valence-electron chi connectivity index (χ1n) is 8.21. The standard InChI is InChI=1S/C19H20N2O4S/c1-12-9-16-10-15(7-8-18(16)21(12)26(3,24)25)19(23)20-17-6-4-5-14(11-17)13(2)22/h4-8,10-12H,9H2,1-3H3,(H,20,23)/t12-/m1/s1. The van der Waals surface area contributed by atoms with Gasteiger partial charge in [0.2, 0.25) is 10.0 Å². The van der Waals surface area contributed by atoms with Gasteiger partial charge in [0.15, 0.2) is 5.78 Å². The third-order valence-corrected chi connectivity index (χ3v) is 5.65. The van der Waals surface area contributed by atoms with Crippen molar-refractivity contribution in [1.82, 2.24) is 0 Å². The summed E-state index contributed by atoms with van der Waals surface area (Å²) in [6.07, 6.45) is 1.74. The monoisotopic (exact) mass is 372 g/mol. The maximum Gasteiger partial charge on any atom is 0.255 e. The van der Waals surface area contributed by atoms with Crippen LogP contribution >= 0.6 is 0 Å². The van der Waals surface area contributed by atoms with E-state index in [9.17, 15) is 18.0 Å². The van der Waals surface area contributed by atoms with Crippen molar-refractivity contribution in [2.75, 3.05) is 15.9 Å². The van der Waals surface area contributed by atoms with Crippen molar-refractivity contribution in [2.45, 2.75) is 26.3 Å². The van der Waals surface area contributed by atoms with E-state index in [1.54, 1.807) is 42.5 Å². The molecule has 0 fully saturated rings. The summed E-state index contributed by atoms with van der Waals surface area (Å²) >= 11 is 0. The minimum absolute atomic E-state index is 0.0755. The lowest BCUT2D eigenvalue weighted by Gasteiger charge is -2.21. The van der Waals surface area contributed by atoms with E-state index < -0.39 is 10.0 Å². The van der Waals surface area contributed by atoms with Crippen molar-refractivity contribution in [3.8, 4) is 0 Å². The molecule has 0 bridgehead atoms. The third-order valence-electron chi connectivity index (χ3n) is 4.38. The largest absolute Gasteiger partial charge is 0.322 e. The van der Waals surface area contributed by atoms with Gasteiger partial charge in [-0.1, -0.05) is 12.1 Å². The summed E-state index contributed by atoms with van der Waals surface area (Å²) in [5, 5.41) is 2.77. The topological polar surface area (TPSA) is 83.6 Å². The fraction of sp³-hybridized carbons (Fsp3) is 0.263. The molecule has 136 valence electrons. The summed E-state index contributed by atoms with van der Waals surface area (Å²) in [6, 6.07) is 11.6. The van der Waals surface area contributed by atoms with Crippen LogP contribution in [0.4, 0.5) is 11.4 Å². The number of benzene rings is 2. The van der Waals surface area contributed by atoms with E-state index in [0.29, 0.717) is 28.9 Å². The van der Waals surface area contributed by atoms with Crippen LogP contribution in [0.5, 0.6) is 0 Å². The summed E-state index contributed by atoms with van der Waals surface area (Å²) in [4.78, 5) is 24.0. The molecule has 0 saturated carbocycles. The van der Waals surface area contributed by atoms with Crippen molar-refractivity contribution in [1.29, 1.82) is 0 Å². The van der Waals surface area contributed by atoms with Crippen LogP contribution < -0.4 is 9.62 Å². The molecule has 3 rings (SSSR count). The minimum Gasteiger partial charge on any atom is -0.322 e. The van der Waals surface area contributed by atoms with Crippen LogP contribution in [-0.2, 0) is 16.4 Å². The van der Waals surface area contributed by atoms with Crippen molar-refractivity contribution >= 4 is 33.1 Å². The minimum atomic E-state index is -3.36. The zero-order chi connectivity index (χ0) is 19.1. The molecule has 1 amide bonds. The van der Waals surface area contributed by atoms with E-state index >= 15 is 0 Å². The Morgan fingerprint density at radius 1 is 1.12 bits per heavy atom. The number of nitrogens with one attached hydrogen (secondary N) is 1. The number of anilines is 2. The lowest BCUT2D eigenvalue weighted by Crippen LogP contribution is -2.34. The van der Waals surface area contributed by atoms with Gasteiger partial charge in [-0.05, 0) is 56.2 Å². The van der Waals surface area contributed by atoms with Crippen LogP contribution in [0, 0.1) is 0 Å². The number of ketones is 1. The fourth-order valence-corrected chi connectivity index (χ4v) is 4.53. The first kappa shape index (κ1) is 18.1. The van der Waals surface area contributed by atoms with Gasteiger partial charge in [-0.2, -0.15) is 0 Å². The number of hydrogen-bond donors (Lipinski definition) is 1. The van der Waals surface area contributed by atoms with Crippen molar-refractivity contribution in [2.24, 2.45) is 0 Å². The van der Waals surface area contributed by atoms with Gasteiger partial charge in [-0.15, -0.1) is 0 Å². The van der Waals surface area contributed by atoms with Crippen LogP contribution in [0.1, 0.15) is 40.1 Å². The fourth-order valence-electron chi connectivity index (χ4n) is 3.27. The number of carbonyl (C=O) groups is 2. The van der Waals surface area contributed by atoms with Gasteiger partial charge in [-0.3, -0.25) is 13.9 Å². The number of nitrogens with zero attached hydrogens (tertiary/aromatic N) is 1. The Kier molecular flexibility index (Phi) is 4.58. The van der Waals surface area contributed by atoms with E-state index in [0.717, 1.165) is 5.56 Å². The molecule has 1 atom stereocenters. The van der Waals surface area contributed by atoms with E-state index in [4.69, 9.17) is 0 Å². The summed E-state index contributed by atoms with van der Waals surface area (Å²) in [5.41, 5.74) is 2.95. The smallest absolute Gasteiger partial charge is 0.255 e. The Balaban J connectivity index is 1.86. The second kappa shape index (κ2) is 6.57. The predicted octanol–water partition coefficient (Wildman–Crippen LogP) is 2.85. The summed E-state index contributed by atoms with van der Waals surface area (Å²) < 4.78 is 25.3. The molecule has 6 nitrogen and oxygen atoms in total. The first-order valence-corrected chi connectivity index (χ1v) is 10.1. The Morgan fingerprint density at radius 2 is 1.85 bits per heavy atom. The quantitative estimate of drug-likeness (QED) is 0.837. The highest BCUT2D eigenvalue weighted by molar-refractivity contribution is 7.92. The lowest BCUT2D eigenvalue weighted by atomic mass is 10.1. The van der Waals surface area contributed by atoms with Gasteiger partial charge in [0.25, 0.3) is 5.91 Å². The number of rotatable bonds is 4. The molecule has 0 unspecified atom stereocenters. The van der Waals surface area contributed by atoms with Gasteiger partial charge >= 0.3 is 0 Å². The zero-order valence-corrected chi connectivity index (χ0v) is 15.6. The number of sulfonamides is 1. The zero-order valence-electron chi connectivity index (χ0n) is 14.8. The van der Waals surface area contributed by atoms with Gasteiger partial charge in [0.1, 0.15) is 0 Å². The first-order chi connectivity index (χ1) is 12.2. The Hall–Kier alpha value is -2.67. The molecule has 2 aromatic rings. The lowest BCUT2D eigenvalue weighted by molar-refractivity contribution is 0.101. The summed E-state index contributed by atoms with van der Waals surface area (Å²) in [6.45, 7) is 3.31. The molecule has 0 spiro atoms. The Bertz CT molecular complexity index is 998. The molecule has 2 aromatic carbocycles. The Morgan fingerprint density at radius 3 is 2.50 bits per heavy atom. The molecule has 7 heteroatoms. The average molecular weight is 372 g/mol. The van der Waals surface area contributed by atoms with E-state index in [1.165, 1.54) is 17.5 Å². The molecule has 0 aliphatic carbocycles. The normalized spacial score (nSPS) is 16.3. The molecule has 0 saturated heterocycles. The highest BCUT2D eigenvalue weighted by atomic mass is 32.2. The second-order valence-electron chi connectivity index (χ2n) is 6.55. The highest BCUT2D eigenvalue weighted by Gasteiger charge is 2.32. The molecular weight excluding hydrogens is 352 g/mol. The van der Waals surface area contributed by atoms with Gasteiger partial charge in [0, 0.05) is 22.9 Å². The average Bonchev–Trinajstić information content (AvgIpc) is 2.89. The number of fused-ring (bicyclic) bond motifs is 1. The Labute approximate surface area is 152 Å². The van der Waals surface area contributed by atoms with Gasteiger partial charge < -0.3 is 5.32 Å². The number of hydrogen-bond acceptors (Lipinski definition) is 4. The molecular formula is C19H20N2O4S. The summed E-state index contributed by atoms with van der Waals surface area (Å²) in [7, 11) is -3.36. The number of carbonyl (C=O) groups excluding carboxylic acids is 2. The molecule has 0 radical (unpaired) electrons. The molecule has 1 heterocycles. The molecule has 26 heavy (non-hydrogen) atoms. The highest BCUT2D eigenvalue weighted by Crippen LogP contribution is 2.34. The van der Waals surface area contributed by atoms with Crippen molar-refractivity contribution in [3.05, 3.63) is 59.2 Å². The summed E-state index contributed by atoms with van der Waals surface area (Å²) in [5.74, 6) is -0.382. The molecule has 1 aliphatic rings. The van der Waals surface area contributed by atoms with E-state index in [2.05, 4.69) is 5.32 Å². The van der Waals surface area contributed by atoms with Gasteiger partial charge in [0.05, 0.1) is 11.9 Å². The number of Topliss-reactive ketones (excluding diaryl/α,β-unsaturated/α-hetero) is 1. The third kappa shape index (κ3) is 3.48. The van der Waals surface area contributed by atoms with Crippen LogP contribution in [0.25, 0.3) is 0 Å². The van der Waals surface area contributed by atoms with E-state index in [-0.39, 0.29) is 17.7 Å². The van der Waals surface area contributed by atoms with Crippen molar-refractivity contribution < 1.29 is 18.0 Å². The van der Waals surface area contributed by atoms with Gasteiger partial charge in [-0.25, -0.2) is 8.42 Å². The maximum atomic E-state index is 12.5. The molecule has 1 N–H and O–H groups in total. The SMILES string of the molecule is CC(=O)c1cccc(NC(=O)c2ccc3c(c2)C[C@@H](C)N3S(C)(=O)=O)c1. The molecule has 0 aromatic heterocycles. The second-order valence-corrected chi connectivity index (χ2v) is 8.41. The maximum absolute atomic E-state index is 12.5.